The van der Waals surface area contributed by atoms with Crippen molar-refractivity contribution in [2.75, 3.05) is 19.5 Å². The highest BCUT2D eigenvalue weighted by molar-refractivity contribution is 5.90. The fraction of sp³-hybridized carbons (Fsp3) is 0.316. The fourth-order valence-electron chi connectivity index (χ4n) is 2.47. The number of carbonyl (C=O) groups excluding carboxylic acids is 1. The van der Waals surface area contributed by atoms with Crippen molar-refractivity contribution in [1.82, 2.24) is 11.2 Å². The van der Waals surface area contributed by atoms with Gasteiger partial charge in [-0.1, -0.05) is 12.1 Å². The lowest BCUT2D eigenvalue weighted by Crippen LogP contribution is -2.37. The summed E-state index contributed by atoms with van der Waals surface area (Å²) in [5.74, 6) is 6.92. The number of hydrazine groups is 1. The molecule has 0 aliphatic carbocycles. The quantitative estimate of drug-likeness (QED) is 0.427. The van der Waals surface area contributed by atoms with Crippen molar-refractivity contribution in [3.63, 3.8) is 0 Å². The van der Waals surface area contributed by atoms with Gasteiger partial charge in [-0.05, 0) is 55.7 Å². The molecule has 142 valence electrons. The number of hydrogen-bond donors (Lipinski definition) is 3. The Hall–Kier alpha value is -2.77. The molecule has 0 saturated carbocycles. The topological polar surface area (TPSA) is 112 Å². The van der Waals surface area contributed by atoms with Crippen LogP contribution in [0.25, 0.3) is 0 Å². The maximum atomic E-state index is 11.9. The van der Waals surface area contributed by atoms with Crippen LogP contribution in [0.3, 0.4) is 0 Å². The highest BCUT2D eigenvalue weighted by Crippen LogP contribution is 2.30. The minimum atomic E-state index is -0.420. The molecule has 0 aliphatic rings. The van der Waals surface area contributed by atoms with E-state index in [-0.39, 0.29) is 12.8 Å². The smallest absolute Gasteiger partial charge is 0.335 e. The Bertz CT molecular complexity index is 776. The van der Waals surface area contributed by atoms with Crippen molar-refractivity contribution in [2.24, 2.45) is 5.84 Å². The summed E-state index contributed by atoms with van der Waals surface area (Å²) >= 11 is 0. The van der Waals surface area contributed by atoms with Gasteiger partial charge in [0.1, 0.15) is 18.1 Å². The molecule has 0 spiro atoms. The predicted octanol–water partition coefficient (Wildman–Crippen LogP) is 3.70. The Balaban J connectivity index is 0.00000338. The molecule has 0 fully saturated rings. The Morgan fingerprint density at radius 2 is 1.77 bits per heavy atom. The van der Waals surface area contributed by atoms with Crippen LogP contribution in [0.15, 0.2) is 30.3 Å². The highest BCUT2D eigenvalue weighted by atomic mass is 16.5. The molecule has 7 heteroatoms. The average molecular weight is 360 g/mol. The summed E-state index contributed by atoms with van der Waals surface area (Å²) in [6.07, 6.45) is 0. The third-order valence-corrected chi connectivity index (χ3v) is 4.08. The Morgan fingerprint density at radius 3 is 2.38 bits per heavy atom. The number of aryl methyl sites for hydroxylation is 3. The van der Waals surface area contributed by atoms with Gasteiger partial charge in [-0.15, -0.1) is 0 Å². The molecular weight excluding hydrogens is 332 g/mol. The Kier molecular flexibility index (Phi) is 7.42. The molecule has 0 atom stereocenters. The zero-order chi connectivity index (χ0) is 18.6. The summed E-state index contributed by atoms with van der Waals surface area (Å²) in [4.78, 5) is 11.9. The highest BCUT2D eigenvalue weighted by Gasteiger charge is 2.14. The first-order chi connectivity index (χ1) is 11.8. The average Bonchev–Trinajstić information content (AvgIpc) is 2.57. The van der Waals surface area contributed by atoms with E-state index in [1.807, 2.05) is 26.0 Å². The number of anilines is 1. The molecule has 0 unspecified atom stereocenters. The number of amides is 2. The van der Waals surface area contributed by atoms with Gasteiger partial charge >= 0.3 is 6.03 Å². The zero-order valence-electron chi connectivity index (χ0n) is 16.1. The lowest BCUT2D eigenvalue weighted by Gasteiger charge is -2.18. The van der Waals surface area contributed by atoms with Crippen LogP contribution in [-0.4, -0.2) is 25.2 Å². The first-order valence-corrected chi connectivity index (χ1v) is 7.99. The summed E-state index contributed by atoms with van der Waals surface area (Å²) in [5, 5.41) is 3.74. The van der Waals surface area contributed by atoms with Crippen molar-refractivity contribution >= 4 is 11.7 Å². The zero-order valence-corrected chi connectivity index (χ0v) is 16.1. The summed E-state index contributed by atoms with van der Waals surface area (Å²) < 4.78 is 11.4. The molecule has 0 bridgehead atoms. The van der Waals surface area contributed by atoms with Crippen molar-refractivity contribution in [3.8, 4) is 11.5 Å². The van der Waals surface area contributed by atoms with Gasteiger partial charge in [0.05, 0.1) is 18.4 Å². The van der Waals surface area contributed by atoms with Gasteiger partial charge in [0, 0.05) is 7.05 Å². The minimum absolute atomic E-state index is 0. The molecule has 0 saturated heterocycles. The maximum absolute atomic E-state index is 11.9. The van der Waals surface area contributed by atoms with Crippen molar-refractivity contribution in [2.45, 2.75) is 27.4 Å². The van der Waals surface area contributed by atoms with Crippen LogP contribution in [0, 0.1) is 20.8 Å². The summed E-state index contributed by atoms with van der Waals surface area (Å²) in [7, 11) is 3.06. The monoisotopic (exact) mass is 360 g/mol. The molecular formula is C19H28N4O3. The van der Waals surface area contributed by atoms with Crippen LogP contribution in [-0.2, 0) is 6.61 Å². The van der Waals surface area contributed by atoms with Crippen LogP contribution in [0.5, 0.6) is 11.5 Å². The molecule has 0 aromatic heterocycles. The molecule has 2 amide bonds. The number of nitrogens with two attached hydrogens (primary N) is 1. The van der Waals surface area contributed by atoms with Gasteiger partial charge in [0.2, 0.25) is 0 Å². The normalized spacial score (nSPS) is 9.92. The Morgan fingerprint density at radius 1 is 1.12 bits per heavy atom. The van der Waals surface area contributed by atoms with Crippen LogP contribution < -0.4 is 26.8 Å². The first kappa shape index (κ1) is 21.3. The van der Waals surface area contributed by atoms with Gasteiger partial charge in [-0.25, -0.2) is 10.6 Å². The van der Waals surface area contributed by atoms with Crippen molar-refractivity contribution in [1.29, 1.82) is 0 Å². The molecule has 0 radical (unpaired) electrons. The largest absolute Gasteiger partial charge is 0.496 e. The second-order valence-corrected chi connectivity index (χ2v) is 6.02. The molecule has 26 heavy (non-hydrogen) atoms. The standard InChI is InChI=1S/C19H25N3O3.H3N/c1-12-9-14(3)18(10-13(12)2)25-11-15-16(21-19(23)22(4)20)7-6-8-17(15)24-5;/h6-10H,11,20H2,1-5H3,(H,21,23);1H3. The van der Waals surface area contributed by atoms with E-state index in [0.717, 1.165) is 21.9 Å². The lowest BCUT2D eigenvalue weighted by atomic mass is 10.1. The molecule has 6 N–H and O–H groups in total. The van der Waals surface area contributed by atoms with E-state index in [2.05, 4.69) is 18.3 Å². The van der Waals surface area contributed by atoms with E-state index >= 15 is 0 Å². The third kappa shape index (κ3) is 4.87. The number of carbonyl (C=O) groups is 1. The van der Waals surface area contributed by atoms with Crippen molar-refractivity contribution in [3.05, 3.63) is 52.6 Å². The molecule has 0 heterocycles. The maximum Gasteiger partial charge on any atom is 0.335 e. The van der Waals surface area contributed by atoms with Gasteiger partial charge in [0.15, 0.2) is 0 Å². The van der Waals surface area contributed by atoms with E-state index in [4.69, 9.17) is 15.3 Å². The molecule has 2 aromatic carbocycles. The first-order valence-electron chi connectivity index (χ1n) is 7.99. The second-order valence-electron chi connectivity index (χ2n) is 6.02. The van der Waals surface area contributed by atoms with Crippen LogP contribution in [0.4, 0.5) is 10.5 Å². The number of rotatable bonds is 5. The van der Waals surface area contributed by atoms with Gasteiger partial charge in [0.25, 0.3) is 0 Å². The number of nitrogens with zero attached hydrogens (tertiary/aromatic N) is 1. The van der Waals surface area contributed by atoms with E-state index in [1.54, 1.807) is 19.2 Å². The summed E-state index contributed by atoms with van der Waals surface area (Å²) in [5.41, 5.74) is 4.80. The van der Waals surface area contributed by atoms with Crippen molar-refractivity contribution < 1.29 is 14.3 Å². The van der Waals surface area contributed by atoms with Crippen LogP contribution in [0.2, 0.25) is 0 Å². The minimum Gasteiger partial charge on any atom is -0.496 e. The molecule has 7 nitrogen and oxygen atoms in total. The fourth-order valence-corrected chi connectivity index (χ4v) is 2.47. The number of ether oxygens (including phenoxy) is 2. The number of urea groups is 1. The number of hydrogen-bond acceptors (Lipinski definition) is 5. The van der Waals surface area contributed by atoms with Crippen LogP contribution in [0.1, 0.15) is 22.3 Å². The number of benzene rings is 2. The molecule has 0 aliphatic heterocycles. The Labute approximate surface area is 154 Å². The van der Waals surface area contributed by atoms with Gasteiger partial charge < -0.3 is 20.9 Å². The van der Waals surface area contributed by atoms with Gasteiger partial charge in [-0.3, -0.25) is 5.01 Å². The number of methoxy groups -OCH3 is 1. The van der Waals surface area contributed by atoms with E-state index in [1.165, 1.54) is 18.2 Å². The van der Waals surface area contributed by atoms with E-state index in [0.29, 0.717) is 11.4 Å². The molecule has 2 rings (SSSR count). The van der Waals surface area contributed by atoms with Gasteiger partial charge in [-0.2, -0.15) is 0 Å². The molecule has 2 aromatic rings. The lowest BCUT2D eigenvalue weighted by molar-refractivity contribution is 0.223. The van der Waals surface area contributed by atoms with E-state index < -0.39 is 6.03 Å². The second kappa shape index (κ2) is 9.07. The SMILES string of the molecule is COc1cccc(NC(=O)N(C)N)c1COc1cc(C)c(C)cc1C.N. The predicted molar refractivity (Wildman–Crippen MR) is 104 cm³/mol. The van der Waals surface area contributed by atoms with E-state index in [9.17, 15) is 4.79 Å². The summed E-state index contributed by atoms with van der Waals surface area (Å²) in [6, 6.07) is 9.11. The number of nitrogens with one attached hydrogen (secondary N) is 1. The third-order valence-electron chi connectivity index (χ3n) is 4.08. The van der Waals surface area contributed by atoms with Crippen LogP contribution >= 0.6 is 0 Å². The summed E-state index contributed by atoms with van der Waals surface area (Å²) in [6.45, 7) is 6.39.